The van der Waals surface area contributed by atoms with Crippen LogP contribution in [0.4, 0.5) is 0 Å². The molecule has 84 valence electrons. The molecule has 1 saturated heterocycles. The summed E-state index contributed by atoms with van der Waals surface area (Å²) < 4.78 is 0. The van der Waals surface area contributed by atoms with E-state index in [0.29, 0.717) is 0 Å². The number of rotatable bonds is 3. The molecule has 0 atom stereocenters. The molecule has 3 heteroatoms. The molecule has 2 rings (SSSR count). The molecule has 1 aromatic rings. The fourth-order valence-corrected chi connectivity index (χ4v) is 2.89. The lowest BCUT2D eigenvalue weighted by atomic mass is 10.0. The maximum Gasteiger partial charge on any atom is 0.00720 e. The van der Waals surface area contributed by atoms with Crippen molar-refractivity contribution in [1.82, 2.24) is 5.32 Å². The molecule has 1 nitrogen and oxygen atoms in total. The molecule has 1 N–H and O–H groups in total. The Hall–Kier alpha value is -0.180. The van der Waals surface area contributed by atoms with Crippen molar-refractivity contribution in [3.05, 3.63) is 30.3 Å². The quantitative estimate of drug-likeness (QED) is 0.819. The second kappa shape index (κ2) is 7.15. The Labute approximate surface area is 102 Å². The van der Waals surface area contributed by atoms with Crippen LogP contribution in [0.25, 0.3) is 0 Å². The highest BCUT2D eigenvalue weighted by Crippen LogP contribution is 2.24. The third-order valence-corrected chi connectivity index (χ3v) is 3.93. The van der Waals surface area contributed by atoms with Gasteiger partial charge in [0.25, 0.3) is 0 Å². The van der Waals surface area contributed by atoms with Crippen LogP contribution in [0.3, 0.4) is 0 Å². The lowest BCUT2D eigenvalue weighted by molar-refractivity contribution is 0.408. The number of hydrogen-bond donors (Lipinski definition) is 1. The molecule has 1 aliphatic heterocycles. The van der Waals surface area contributed by atoms with Gasteiger partial charge in [-0.1, -0.05) is 18.2 Å². The topological polar surface area (TPSA) is 12.0 Å². The Morgan fingerprint density at radius 1 is 1.13 bits per heavy atom. The summed E-state index contributed by atoms with van der Waals surface area (Å²) in [7, 11) is 0. The van der Waals surface area contributed by atoms with Gasteiger partial charge in [-0.25, -0.2) is 0 Å². The molecule has 0 amide bonds. The van der Waals surface area contributed by atoms with Gasteiger partial charge in [-0.2, -0.15) is 0 Å². The van der Waals surface area contributed by atoms with Crippen LogP contribution in [0, 0.1) is 5.92 Å². The smallest absolute Gasteiger partial charge is 0.00720 e. The standard InChI is InChI=1S/C12H17NS.ClH/c1-2-4-12(5-3-1)14-10-11-6-8-13-9-7-11;/h1-5,11,13H,6-10H2;1H. The molecule has 0 aromatic heterocycles. The Kier molecular flexibility index (Phi) is 6.15. The summed E-state index contributed by atoms with van der Waals surface area (Å²) in [4.78, 5) is 1.41. The van der Waals surface area contributed by atoms with Crippen molar-refractivity contribution in [3.8, 4) is 0 Å². The Morgan fingerprint density at radius 2 is 1.80 bits per heavy atom. The maximum atomic E-state index is 3.40. The van der Waals surface area contributed by atoms with Gasteiger partial charge in [-0.3, -0.25) is 0 Å². The predicted octanol–water partition coefficient (Wildman–Crippen LogP) is 3.20. The van der Waals surface area contributed by atoms with Gasteiger partial charge >= 0.3 is 0 Å². The number of piperidine rings is 1. The molecule has 0 saturated carbocycles. The number of thioether (sulfide) groups is 1. The SMILES string of the molecule is Cl.c1ccc(SCC2CCNCC2)cc1. The summed E-state index contributed by atoms with van der Waals surface area (Å²) in [6, 6.07) is 10.7. The first-order valence-electron chi connectivity index (χ1n) is 5.34. The molecular formula is C12H18ClNS. The Balaban J connectivity index is 0.00000112. The molecule has 0 radical (unpaired) electrons. The molecule has 1 fully saturated rings. The maximum absolute atomic E-state index is 3.40. The molecule has 1 aromatic carbocycles. The van der Waals surface area contributed by atoms with E-state index in [9.17, 15) is 0 Å². The van der Waals surface area contributed by atoms with E-state index in [-0.39, 0.29) is 12.4 Å². The second-order valence-electron chi connectivity index (χ2n) is 3.82. The average Bonchev–Trinajstić information content (AvgIpc) is 2.29. The fraction of sp³-hybridized carbons (Fsp3) is 0.500. The number of hydrogen-bond acceptors (Lipinski definition) is 2. The fourth-order valence-electron chi connectivity index (χ4n) is 1.78. The van der Waals surface area contributed by atoms with E-state index in [1.807, 2.05) is 11.8 Å². The first-order chi connectivity index (χ1) is 6.95. The highest BCUT2D eigenvalue weighted by atomic mass is 35.5. The van der Waals surface area contributed by atoms with E-state index in [1.165, 1.54) is 36.6 Å². The molecule has 1 heterocycles. The van der Waals surface area contributed by atoms with Crippen LogP contribution >= 0.6 is 24.2 Å². The number of nitrogens with one attached hydrogen (secondary N) is 1. The second-order valence-corrected chi connectivity index (χ2v) is 4.91. The van der Waals surface area contributed by atoms with Crippen molar-refractivity contribution in [2.24, 2.45) is 5.92 Å². The third-order valence-electron chi connectivity index (χ3n) is 2.69. The van der Waals surface area contributed by atoms with Crippen molar-refractivity contribution >= 4 is 24.2 Å². The molecule has 0 spiro atoms. The molecule has 1 aliphatic rings. The number of benzene rings is 1. The van der Waals surface area contributed by atoms with Crippen LogP contribution in [0.1, 0.15) is 12.8 Å². The van der Waals surface area contributed by atoms with Gasteiger partial charge in [-0.05, 0) is 44.0 Å². The highest BCUT2D eigenvalue weighted by molar-refractivity contribution is 7.99. The van der Waals surface area contributed by atoms with Crippen LogP contribution in [-0.2, 0) is 0 Å². The zero-order valence-electron chi connectivity index (χ0n) is 8.82. The lowest BCUT2D eigenvalue weighted by Gasteiger charge is -2.21. The van der Waals surface area contributed by atoms with Gasteiger partial charge in [0.15, 0.2) is 0 Å². The van der Waals surface area contributed by atoms with Crippen LogP contribution in [0.15, 0.2) is 35.2 Å². The Morgan fingerprint density at radius 3 is 2.47 bits per heavy atom. The van der Waals surface area contributed by atoms with Gasteiger partial charge in [0.2, 0.25) is 0 Å². The van der Waals surface area contributed by atoms with E-state index in [0.717, 1.165) is 5.92 Å². The van der Waals surface area contributed by atoms with Crippen LogP contribution in [0.5, 0.6) is 0 Å². The summed E-state index contributed by atoms with van der Waals surface area (Å²) in [6.45, 7) is 2.42. The average molecular weight is 244 g/mol. The minimum Gasteiger partial charge on any atom is -0.317 e. The largest absolute Gasteiger partial charge is 0.317 e. The number of halogens is 1. The summed E-state index contributed by atoms with van der Waals surface area (Å²) in [5.74, 6) is 2.20. The minimum atomic E-state index is 0. The zero-order chi connectivity index (χ0) is 9.64. The van der Waals surface area contributed by atoms with Gasteiger partial charge in [0.05, 0.1) is 0 Å². The first kappa shape index (κ1) is 12.9. The summed E-state index contributed by atoms with van der Waals surface area (Å²) in [6.07, 6.45) is 2.69. The minimum absolute atomic E-state index is 0. The molecule has 15 heavy (non-hydrogen) atoms. The van der Waals surface area contributed by atoms with E-state index < -0.39 is 0 Å². The Bertz CT molecular complexity index is 260. The van der Waals surface area contributed by atoms with Crippen LogP contribution in [0.2, 0.25) is 0 Å². The lowest BCUT2D eigenvalue weighted by Crippen LogP contribution is -2.28. The molecule has 0 bridgehead atoms. The molecular weight excluding hydrogens is 226 g/mol. The van der Waals surface area contributed by atoms with Gasteiger partial charge in [0, 0.05) is 10.6 Å². The first-order valence-corrected chi connectivity index (χ1v) is 6.32. The summed E-state index contributed by atoms with van der Waals surface area (Å²) in [5, 5.41) is 3.40. The normalized spacial score (nSPS) is 17.1. The van der Waals surface area contributed by atoms with Gasteiger partial charge in [0.1, 0.15) is 0 Å². The molecule has 0 aliphatic carbocycles. The monoisotopic (exact) mass is 243 g/mol. The predicted molar refractivity (Wildman–Crippen MR) is 70.0 cm³/mol. The van der Waals surface area contributed by atoms with Crippen molar-refractivity contribution in [1.29, 1.82) is 0 Å². The van der Waals surface area contributed by atoms with Crippen molar-refractivity contribution < 1.29 is 0 Å². The van der Waals surface area contributed by atoms with E-state index in [1.54, 1.807) is 0 Å². The zero-order valence-corrected chi connectivity index (χ0v) is 10.4. The van der Waals surface area contributed by atoms with E-state index in [4.69, 9.17) is 0 Å². The van der Waals surface area contributed by atoms with E-state index >= 15 is 0 Å². The van der Waals surface area contributed by atoms with Gasteiger partial charge < -0.3 is 5.32 Å². The van der Waals surface area contributed by atoms with Crippen molar-refractivity contribution in [2.75, 3.05) is 18.8 Å². The van der Waals surface area contributed by atoms with Crippen LogP contribution in [-0.4, -0.2) is 18.8 Å². The van der Waals surface area contributed by atoms with Gasteiger partial charge in [-0.15, -0.1) is 24.2 Å². The summed E-state index contributed by atoms with van der Waals surface area (Å²) in [5.41, 5.74) is 0. The van der Waals surface area contributed by atoms with Crippen LogP contribution < -0.4 is 5.32 Å². The summed E-state index contributed by atoms with van der Waals surface area (Å²) >= 11 is 2.00. The molecule has 0 unspecified atom stereocenters. The highest BCUT2D eigenvalue weighted by Gasteiger charge is 2.12. The van der Waals surface area contributed by atoms with Crippen molar-refractivity contribution in [2.45, 2.75) is 17.7 Å². The van der Waals surface area contributed by atoms with Crippen molar-refractivity contribution in [3.63, 3.8) is 0 Å². The third kappa shape index (κ3) is 4.45. The van der Waals surface area contributed by atoms with E-state index in [2.05, 4.69) is 35.6 Å².